The van der Waals surface area contributed by atoms with Crippen LogP contribution in [0.15, 0.2) is 43.0 Å². The Balaban J connectivity index is 4.88. The van der Waals surface area contributed by atoms with Crippen molar-refractivity contribution in [3.63, 3.8) is 0 Å². The number of nitrogens with zero attached hydrogens (tertiary/aromatic N) is 2. The third-order valence-corrected chi connectivity index (χ3v) is 3.16. The van der Waals surface area contributed by atoms with E-state index in [9.17, 15) is 0 Å². The molecule has 0 aliphatic heterocycles. The molecule has 0 aromatic rings. The van der Waals surface area contributed by atoms with Crippen molar-refractivity contribution >= 4 is 5.96 Å². The van der Waals surface area contributed by atoms with E-state index in [4.69, 9.17) is 4.99 Å². The van der Waals surface area contributed by atoms with Crippen molar-refractivity contribution in [1.82, 2.24) is 15.5 Å². The molecule has 0 aromatic carbocycles. The highest BCUT2D eigenvalue weighted by atomic mass is 15.2. The van der Waals surface area contributed by atoms with Crippen LogP contribution in [0.1, 0.15) is 20.8 Å². The molecule has 0 spiro atoms. The number of hydrogen-bond donors (Lipinski definition) is 2. The fourth-order valence-electron chi connectivity index (χ4n) is 2.12. The first-order valence-electron chi connectivity index (χ1n) is 7.69. The number of guanidine groups is 1. The lowest BCUT2D eigenvalue weighted by molar-refractivity contribution is 0.195. The molecule has 0 saturated carbocycles. The molecule has 0 saturated heterocycles. The SMILES string of the molecule is C=CCNC(=NCC(C(C)C)N(CC=C)CC=C)NCC. The standard InChI is InChI=1S/C17H32N4/c1-7-11-19-17(18-10-4)20-14-16(15(5)6)21(12-8-2)13-9-3/h7-9,15-16H,1-3,10-14H2,4-6H3,(H2,18,19,20). The molecule has 0 rings (SSSR count). The summed E-state index contributed by atoms with van der Waals surface area (Å²) in [6.07, 6.45) is 5.70. The number of hydrogen-bond acceptors (Lipinski definition) is 2. The highest BCUT2D eigenvalue weighted by Crippen LogP contribution is 2.11. The zero-order valence-electron chi connectivity index (χ0n) is 13.9. The molecule has 0 bridgehead atoms. The zero-order valence-corrected chi connectivity index (χ0v) is 13.9. The molecule has 0 aliphatic rings. The van der Waals surface area contributed by atoms with Crippen LogP contribution in [0, 0.1) is 5.92 Å². The summed E-state index contributed by atoms with van der Waals surface area (Å²) in [5.41, 5.74) is 0. The van der Waals surface area contributed by atoms with Gasteiger partial charge in [-0.15, -0.1) is 19.7 Å². The molecule has 0 fully saturated rings. The summed E-state index contributed by atoms with van der Waals surface area (Å²) in [5, 5.41) is 6.48. The smallest absolute Gasteiger partial charge is 0.191 e. The van der Waals surface area contributed by atoms with E-state index >= 15 is 0 Å². The molecular weight excluding hydrogens is 260 g/mol. The van der Waals surface area contributed by atoms with E-state index in [-0.39, 0.29) is 0 Å². The van der Waals surface area contributed by atoms with Crippen LogP contribution in [0.5, 0.6) is 0 Å². The van der Waals surface area contributed by atoms with Gasteiger partial charge >= 0.3 is 0 Å². The Morgan fingerprint density at radius 1 is 1.10 bits per heavy atom. The largest absolute Gasteiger partial charge is 0.357 e. The van der Waals surface area contributed by atoms with Crippen LogP contribution >= 0.6 is 0 Å². The van der Waals surface area contributed by atoms with Gasteiger partial charge in [0.2, 0.25) is 0 Å². The molecule has 0 radical (unpaired) electrons. The van der Waals surface area contributed by atoms with Gasteiger partial charge in [0, 0.05) is 32.2 Å². The summed E-state index contributed by atoms with van der Waals surface area (Å²) in [7, 11) is 0. The third kappa shape index (κ3) is 8.35. The molecule has 0 heterocycles. The molecule has 4 nitrogen and oxygen atoms in total. The van der Waals surface area contributed by atoms with E-state index in [1.54, 1.807) is 0 Å². The van der Waals surface area contributed by atoms with Gasteiger partial charge in [0.25, 0.3) is 0 Å². The highest BCUT2D eigenvalue weighted by Gasteiger charge is 2.19. The summed E-state index contributed by atoms with van der Waals surface area (Å²) in [5.74, 6) is 1.34. The maximum atomic E-state index is 4.69. The minimum absolute atomic E-state index is 0.361. The average Bonchev–Trinajstić information content (AvgIpc) is 2.44. The monoisotopic (exact) mass is 292 g/mol. The summed E-state index contributed by atoms with van der Waals surface area (Å²) in [4.78, 5) is 7.05. The van der Waals surface area contributed by atoms with Crippen molar-refractivity contribution in [1.29, 1.82) is 0 Å². The summed E-state index contributed by atoms with van der Waals surface area (Å²) < 4.78 is 0. The number of rotatable bonds is 11. The third-order valence-electron chi connectivity index (χ3n) is 3.16. The predicted octanol–water partition coefficient (Wildman–Crippen LogP) is 2.43. The molecule has 2 N–H and O–H groups in total. The van der Waals surface area contributed by atoms with Crippen molar-refractivity contribution < 1.29 is 0 Å². The van der Waals surface area contributed by atoms with Gasteiger partial charge in [-0.3, -0.25) is 9.89 Å². The fourth-order valence-corrected chi connectivity index (χ4v) is 2.12. The maximum absolute atomic E-state index is 4.69. The predicted molar refractivity (Wildman–Crippen MR) is 94.8 cm³/mol. The molecule has 0 aromatic heterocycles. The van der Waals surface area contributed by atoms with Gasteiger partial charge in [0.1, 0.15) is 0 Å². The van der Waals surface area contributed by atoms with E-state index in [0.29, 0.717) is 18.5 Å². The Bertz CT molecular complexity index is 324. The second-order valence-corrected chi connectivity index (χ2v) is 5.23. The second kappa shape index (κ2) is 12.2. The van der Waals surface area contributed by atoms with Crippen LogP contribution in [0.4, 0.5) is 0 Å². The van der Waals surface area contributed by atoms with Crippen molar-refractivity contribution in [2.75, 3.05) is 32.7 Å². The van der Waals surface area contributed by atoms with E-state index < -0.39 is 0 Å². The van der Waals surface area contributed by atoms with Crippen LogP contribution in [0.3, 0.4) is 0 Å². The normalized spacial score (nSPS) is 13.1. The minimum Gasteiger partial charge on any atom is -0.357 e. The van der Waals surface area contributed by atoms with Gasteiger partial charge in [-0.05, 0) is 12.8 Å². The Morgan fingerprint density at radius 2 is 1.71 bits per heavy atom. The van der Waals surface area contributed by atoms with Gasteiger partial charge in [-0.1, -0.05) is 32.1 Å². The zero-order chi connectivity index (χ0) is 16.1. The van der Waals surface area contributed by atoms with Gasteiger partial charge in [-0.2, -0.15) is 0 Å². The van der Waals surface area contributed by atoms with Crippen molar-refractivity contribution in [3.8, 4) is 0 Å². The summed E-state index contributed by atoms with van der Waals surface area (Å²) >= 11 is 0. The molecule has 4 heteroatoms. The van der Waals surface area contributed by atoms with Crippen molar-refractivity contribution in [3.05, 3.63) is 38.0 Å². The van der Waals surface area contributed by atoms with Gasteiger partial charge < -0.3 is 10.6 Å². The lowest BCUT2D eigenvalue weighted by Gasteiger charge is -2.32. The van der Waals surface area contributed by atoms with Crippen molar-refractivity contribution in [2.24, 2.45) is 10.9 Å². The highest BCUT2D eigenvalue weighted by molar-refractivity contribution is 5.79. The number of nitrogens with one attached hydrogen (secondary N) is 2. The Labute approximate surface area is 130 Å². The lowest BCUT2D eigenvalue weighted by Crippen LogP contribution is -2.43. The Kier molecular flexibility index (Phi) is 11.3. The first kappa shape index (κ1) is 19.4. The van der Waals surface area contributed by atoms with Gasteiger partial charge in [0.15, 0.2) is 5.96 Å². The fraction of sp³-hybridized carbons (Fsp3) is 0.588. The van der Waals surface area contributed by atoms with Gasteiger partial charge in [-0.25, -0.2) is 0 Å². The Morgan fingerprint density at radius 3 is 2.14 bits per heavy atom. The van der Waals surface area contributed by atoms with E-state index in [1.807, 2.05) is 18.2 Å². The molecule has 1 unspecified atom stereocenters. The summed E-state index contributed by atoms with van der Waals surface area (Å²) in [6.45, 7) is 21.9. The molecular formula is C17H32N4. The quantitative estimate of drug-likeness (QED) is 0.349. The van der Waals surface area contributed by atoms with Crippen LogP contribution in [-0.4, -0.2) is 49.6 Å². The molecule has 120 valence electrons. The first-order valence-corrected chi connectivity index (χ1v) is 7.69. The van der Waals surface area contributed by atoms with Crippen LogP contribution < -0.4 is 10.6 Å². The topological polar surface area (TPSA) is 39.7 Å². The first-order chi connectivity index (χ1) is 10.1. The van der Waals surface area contributed by atoms with E-state index in [2.05, 4.69) is 56.0 Å². The average molecular weight is 292 g/mol. The number of aliphatic imine (C=N–C) groups is 1. The maximum Gasteiger partial charge on any atom is 0.191 e. The molecule has 21 heavy (non-hydrogen) atoms. The summed E-state index contributed by atoms with van der Waals surface area (Å²) in [6, 6.07) is 0.361. The van der Waals surface area contributed by atoms with Gasteiger partial charge in [0.05, 0.1) is 6.54 Å². The molecule has 1 atom stereocenters. The minimum atomic E-state index is 0.361. The van der Waals surface area contributed by atoms with Crippen LogP contribution in [0.25, 0.3) is 0 Å². The molecule has 0 aliphatic carbocycles. The lowest BCUT2D eigenvalue weighted by atomic mass is 10.0. The van der Waals surface area contributed by atoms with E-state index in [0.717, 1.165) is 32.1 Å². The van der Waals surface area contributed by atoms with E-state index in [1.165, 1.54) is 0 Å². The second-order valence-electron chi connectivity index (χ2n) is 5.23. The Hall–Kier alpha value is -1.55. The van der Waals surface area contributed by atoms with Crippen LogP contribution in [0.2, 0.25) is 0 Å². The van der Waals surface area contributed by atoms with Crippen LogP contribution in [-0.2, 0) is 0 Å². The molecule has 0 amide bonds. The van der Waals surface area contributed by atoms with Crippen molar-refractivity contribution in [2.45, 2.75) is 26.8 Å².